The van der Waals surface area contributed by atoms with Gasteiger partial charge in [0.25, 0.3) is 0 Å². The van der Waals surface area contributed by atoms with E-state index in [2.05, 4.69) is 32.6 Å². The molecule has 0 bridgehead atoms. The van der Waals surface area contributed by atoms with Crippen LogP contribution in [0.25, 0.3) is 0 Å². The first-order chi connectivity index (χ1) is 5.08. The van der Waals surface area contributed by atoms with Gasteiger partial charge in [-0.3, -0.25) is 0 Å². The Morgan fingerprint density at radius 1 is 1.55 bits per heavy atom. The van der Waals surface area contributed by atoms with Crippen LogP contribution in [0.3, 0.4) is 0 Å². The van der Waals surface area contributed by atoms with E-state index in [-0.39, 0.29) is 11.0 Å². The molecule has 1 unspecified atom stereocenters. The average Bonchev–Trinajstić information content (AvgIpc) is 2.63. The van der Waals surface area contributed by atoms with Crippen LogP contribution in [0.1, 0.15) is 20.3 Å². The van der Waals surface area contributed by atoms with Gasteiger partial charge in [-0.25, -0.2) is 0 Å². The third-order valence-corrected chi connectivity index (χ3v) is 2.99. The van der Waals surface area contributed by atoms with Gasteiger partial charge >= 0.3 is 0 Å². The van der Waals surface area contributed by atoms with Crippen molar-refractivity contribution in [1.82, 2.24) is 0 Å². The van der Waals surface area contributed by atoms with Crippen molar-refractivity contribution in [3.63, 3.8) is 0 Å². The Kier molecular flexibility index (Phi) is 1.15. The van der Waals surface area contributed by atoms with Crippen molar-refractivity contribution in [1.29, 1.82) is 0 Å². The second-order valence-electron chi connectivity index (χ2n) is 4.13. The highest BCUT2D eigenvalue weighted by atomic mass is 16.6. The van der Waals surface area contributed by atoms with E-state index in [1.165, 1.54) is 0 Å². The minimum Gasteiger partial charge on any atom is -0.364 e. The van der Waals surface area contributed by atoms with Crippen molar-refractivity contribution in [2.75, 3.05) is 6.61 Å². The van der Waals surface area contributed by atoms with Gasteiger partial charge in [0.05, 0.1) is 6.61 Å². The number of ether oxygens (including phenoxy) is 1. The van der Waals surface area contributed by atoms with Gasteiger partial charge in [0.2, 0.25) is 0 Å². The summed E-state index contributed by atoms with van der Waals surface area (Å²) in [5.41, 5.74) is 1.40. The van der Waals surface area contributed by atoms with Gasteiger partial charge in [0.1, 0.15) is 5.60 Å². The summed E-state index contributed by atoms with van der Waals surface area (Å²) in [5, 5.41) is 0. The van der Waals surface area contributed by atoms with Crippen molar-refractivity contribution in [3.8, 4) is 0 Å². The fraction of sp³-hybridized carbons (Fsp3) is 0.600. The van der Waals surface area contributed by atoms with Gasteiger partial charge in [-0.15, -0.1) is 0 Å². The second kappa shape index (κ2) is 1.78. The molecule has 0 radical (unpaired) electrons. The second-order valence-corrected chi connectivity index (χ2v) is 4.13. The molecule has 0 amide bonds. The molecule has 1 aliphatic heterocycles. The minimum absolute atomic E-state index is 0.00174. The first-order valence-corrected chi connectivity index (χ1v) is 4.08. The zero-order chi connectivity index (χ0) is 8.11. The molecule has 0 aromatic rings. The quantitative estimate of drug-likeness (QED) is 0.483. The van der Waals surface area contributed by atoms with Crippen molar-refractivity contribution in [2.24, 2.45) is 5.41 Å². The summed E-state index contributed by atoms with van der Waals surface area (Å²) in [5.74, 6) is 0. The lowest BCUT2D eigenvalue weighted by atomic mass is 9.69. The predicted octanol–water partition coefficient (Wildman–Crippen LogP) is 2.30. The van der Waals surface area contributed by atoms with Gasteiger partial charge < -0.3 is 4.74 Å². The summed E-state index contributed by atoms with van der Waals surface area (Å²) in [4.78, 5) is 0. The topological polar surface area (TPSA) is 12.5 Å². The molecule has 1 aliphatic carbocycles. The van der Waals surface area contributed by atoms with Gasteiger partial charge in [-0.05, 0) is 12.0 Å². The standard InChI is InChI=1S/C10H14O/c1-8-5-4-6-9(2,3)10(8)7-11-10/h4-5H,1,6-7H2,2-3H3. The highest BCUT2D eigenvalue weighted by Crippen LogP contribution is 2.53. The maximum atomic E-state index is 5.51. The Hall–Kier alpha value is -0.560. The number of epoxide rings is 1. The maximum Gasteiger partial charge on any atom is 0.121 e. The Balaban J connectivity index is 2.40. The van der Waals surface area contributed by atoms with Crippen LogP contribution in [0.2, 0.25) is 0 Å². The molecule has 60 valence electrons. The summed E-state index contributed by atoms with van der Waals surface area (Å²) >= 11 is 0. The molecule has 1 nitrogen and oxygen atoms in total. The zero-order valence-corrected chi connectivity index (χ0v) is 7.18. The van der Waals surface area contributed by atoms with Crippen LogP contribution < -0.4 is 0 Å². The van der Waals surface area contributed by atoms with Crippen molar-refractivity contribution in [2.45, 2.75) is 25.9 Å². The summed E-state index contributed by atoms with van der Waals surface area (Å²) in [6.07, 6.45) is 5.39. The molecule has 1 heterocycles. The summed E-state index contributed by atoms with van der Waals surface area (Å²) in [7, 11) is 0. The van der Waals surface area contributed by atoms with Gasteiger partial charge in [-0.1, -0.05) is 32.6 Å². The molecule has 2 aliphatic rings. The smallest absolute Gasteiger partial charge is 0.121 e. The summed E-state index contributed by atoms with van der Waals surface area (Å²) < 4.78 is 5.51. The van der Waals surface area contributed by atoms with Gasteiger partial charge in [-0.2, -0.15) is 0 Å². The molecule has 1 fully saturated rings. The van der Waals surface area contributed by atoms with Crippen molar-refractivity contribution < 1.29 is 4.74 Å². The molecule has 1 atom stereocenters. The molecule has 0 aromatic carbocycles. The molecule has 11 heavy (non-hydrogen) atoms. The third kappa shape index (κ3) is 0.747. The van der Waals surface area contributed by atoms with Crippen LogP contribution in [-0.4, -0.2) is 12.2 Å². The number of hydrogen-bond acceptors (Lipinski definition) is 1. The molecular weight excluding hydrogens is 136 g/mol. The highest BCUT2D eigenvalue weighted by molar-refractivity contribution is 5.38. The first-order valence-electron chi connectivity index (χ1n) is 4.08. The monoisotopic (exact) mass is 150 g/mol. The van der Waals surface area contributed by atoms with Crippen molar-refractivity contribution in [3.05, 3.63) is 24.3 Å². The van der Waals surface area contributed by atoms with Crippen LogP contribution in [0, 0.1) is 5.41 Å². The lowest BCUT2D eigenvalue weighted by molar-refractivity contribution is 0.169. The van der Waals surface area contributed by atoms with E-state index in [9.17, 15) is 0 Å². The average molecular weight is 150 g/mol. The Morgan fingerprint density at radius 3 is 2.55 bits per heavy atom. The van der Waals surface area contributed by atoms with Crippen LogP contribution >= 0.6 is 0 Å². The Labute approximate surface area is 67.7 Å². The minimum atomic E-state index is 0.00174. The Bertz CT molecular complexity index is 231. The van der Waals surface area contributed by atoms with Gasteiger partial charge in [0, 0.05) is 5.41 Å². The van der Waals surface area contributed by atoms with E-state index < -0.39 is 0 Å². The Morgan fingerprint density at radius 2 is 2.18 bits per heavy atom. The van der Waals surface area contributed by atoms with E-state index in [1.807, 2.05) is 0 Å². The molecule has 0 saturated carbocycles. The lowest BCUT2D eigenvalue weighted by Gasteiger charge is -2.34. The molecule has 1 heteroatoms. The molecule has 1 saturated heterocycles. The summed E-state index contributed by atoms with van der Waals surface area (Å²) in [6, 6.07) is 0. The van der Waals surface area contributed by atoms with E-state index in [1.54, 1.807) is 0 Å². The van der Waals surface area contributed by atoms with E-state index in [4.69, 9.17) is 4.74 Å². The number of hydrogen-bond donors (Lipinski definition) is 0. The normalized spacial score (nSPS) is 39.6. The van der Waals surface area contributed by atoms with Crippen LogP contribution in [0.5, 0.6) is 0 Å². The number of allylic oxidation sites excluding steroid dienone is 1. The molecular formula is C10H14O. The first kappa shape index (κ1) is 7.11. The lowest BCUT2D eigenvalue weighted by Crippen LogP contribution is -2.35. The van der Waals surface area contributed by atoms with E-state index >= 15 is 0 Å². The van der Waals surface area contributed by atoms with Gasteiger partial charge in [0.15, 0.2) is 0 Å². The third-order valence-electron chi connectivity index (χ3n) is 2.99. The fourth-order valence-corrected chi connectivity index (χ4v) is 1.88. The number of rotatable bonds is 0. The predicted molar refractivity (Wildman–Crippen MR) is 45.4 cm³/mol. The molecule has 1 spiro atoms. The largest absolute Gasteiger partial charge is 0.364 e. The fourth-order valence-electron chi connectivity index (χ4n) is 1.88. The van der Waals surface area contributed by atoms with E-state index in [0.29, 0.717) is 0 Å². The SMILES string of the molecule is C=C1C=CCC(C)(C)C12CO2. The molecule has 2 rings (SSSR count). The van der Waals surface area contributed by atoms with Crippen molar-refractivity contribution >= 4 is 0 Å². The highest BCUT2D eigenvalue weighted by Gasteiger charge is 2.58. The summed E-state index contributed by atoms with van der Waals surface area (Å²) in [6.45, 7) is 9.37. The molecule has 0 N–H and O–H groups in total. The van der Waals surface area contributed by atoms with E-state index in [0.717, 1.165) is 18.6 Å². The zero-order valence-electron chi connectivity index (χ0n) is 7.18. The maximum absolute atomic E-state index is 5.51. The molecule has 0 aromatic heterocycles. The van der Waals surface area contributed by atoms with Crippen LogP contribution in [0.15, 0.2) is 24.3 Å². The van der Waals surface area contributed by atoms with Crippen LogP contribution in [0.4, 0.5) is 0 Å². The van der Waals surface area contributed by atoms with Crippen LogP contribution in [-0.2, 0) is 4.74 Å².